The standard InChI is InChI=1S/C30H61NO4/c1-3-5-7-9-11-12-13-14-15-16-18-20-22-24-27(33)29(30(31)35)28(34)25-26(32)23-21-19-17-10-8-6-4-2/h26-27,29-30,32-33,35H,3-25,31H2,1-2H3. The Morgan fingerprint density at radius 1 is 0.571 bits per heavy atom. The molecule has 5 nitrogen and oxygen atoms in total. The van der Waals surface area contributed by atoms with Gasteiger partial charge in [0.15, 0.2) is 0 Å². The molecule has 0 aromatic rings. The van der Waals surface area contributed by atoms with Crippen LogP contribution in [0.25, 0.3) is 0 Å². The predicted molar refractivity (Wildman–Crippen MR) is 148 cm³/mol. The molecule has 0 aliphatic rings. The molecule has 0 bridgehead atoms. The maximum atomic E-state index is 12.6. The van der Waals surface area contributed by atoms with Gasteiger partial charge in [-0.05, 0) is 12.8 Å². The van der Waals surface area contributed by atoms with Crippen molar-refractivity contribution in [3.63, 3.8) is 0 Å². The fourth-order valence-electron chi connectivity index (χ4n) is 4.99. The lowest BCUT2D eigenvalue weighted by molar-refractivity contribution is -0.133. The van der Waals surface area contributed by atoms with Crippen molar-refractivity contribution >= 4 is 5.78 Å². The van der Waals surface area contributed by atoms with Crippen molar-refractivity contribution in [1.82, 2.24) is 0 Å². The van der Waals surface area contributed by atoms with E-state index in [4.69, 9.17) is 5.73 Å². The molecule has 210 valence electrons. The first-order valence-electron chi connectivity index (χ1n) is 15.3. The molecule has 4 atom stereocenters. The number of carbonyl (C=O) groups excluding carboxylic acids is 1. The van der Waals surface area contributed by atoms with E-state index < -0.39 is 24.4 Å². The number of aliphatic hydroxyl groups excluding tert-OH is 3. The van der Waals surface area contributed by atoms with Crippen LogP contribution in [-0.2, 0) is 4.79 Å². The van der Waals surface area contributed by atoms with Crippen LogP contribution >= 0.6 is 0 Å². The molecule has 0 fully saturated rings. The molecule has 0 saturated heterocycles. The van der Waals surface area contributed by atoms with Crippen LogP contribution in [0.1, 0.15) is 162 Å². The predicted octanol–water partition coefficient (Wildman–Crippen LogP) is 7.18. The van der Waals surface area contributed by atoms with E-state index >= 15 is 0 Å². The molecule has 5 heteroatoms. The van der Waals surface area contributed by atoms with E-state index in [1.165, 1.54) is 96.3 Å². The smallest absolute Gasteiger partial charge is 0.145 e. The summed E-state index contributed by atoms with van der Waals surface area (Å²) in [6.07, 6.45) is 22.5. The Morgan fingerprint density at radius 3 is 1.29 bits per heavy atom. The third kappa shape index (κ3) is 21.3. The number of carbonyl (C=O) groups is 1. The second kappa shape index (κ2) is 25.2. The highest BCUT2D eigenvalue weighted by Gasteiger charge is 2.32. The van der Waals surface area contributed by atoms with Crippen LogP contribution in [0.5, 0.6) is 0 Å². The SMILES string of the molecule is CCCCCCCCCCCCCCCC(O)C(C(=O)CC(O)CCCCCCCCC)C(N)O. The Labute approximate surface area is 217 Å². The number of rotatable bonds is 27. The zero-order valence-corrected chi connectivity index (χ0v) is 23.4. The number of unbranched alkanes of at least 4 members (excludes halogenated alkanes) is 18. The van der Waals surface area contributed by atoms with E-state index in [9.17, 15) is 20.1 Å². The van der Waals surface area contributed by atoms with Gasteiger partial charge in [0.1, 0.15) is 12.0 Å². The highest BCUT2D eigenvalue weighted by atomic mass is 16.3. The van der Waals surface area contributed by atoms with E-state index in [2.05, 4.69) is 13.8 Å². The monoisotopic (exact) mass is 499 g/mol. The second-order valence-corrected chi connectivity index (χ2v) is 10.8. The van der Waals surface area contributed by atoms with E-state index in [0.717, 1.165) is 32.1 Å². The molecule has 0 aliphatic carbocycles. The zero-order valence-electron chi connectivity index (χ0n) is 23.4. The van der Waals surface area contributed by atoms with Crippen molar-refractivity contribution in [3.05, 3.63) is 0 Å². The molecule has 0 amide bonds. The van der Waals surface area contributed by atoms with Gasteiger partial charge >= 0.3 is 0 Å². The summed E-state index contributed by atoms with van der Waals surface area (Å²) >= 11 is 0. The first-order valence-corrected chi connectivity index (χ1v) is 15.3. The third-order valence-electron chi connectivity index (χ3n) is 7.34. The lowest BCUT2D eigenvalue weighted by Crippen LogP contribution is -2.44. The van der Waals surface area contributed by atoms with E-state index in [-0.39, 0.29) is 12.2 Å². The number of aliphatic hydroxyl groups is 3. The van der Waals surface area contributed by atoms with Gasteiger partial charge in [-0.1, -0.05) is 142 Å². The molecular weight excluding hydrogens is 438 g/mol. The summed E-state index contributed by atoms with van der Waals surface area (Å²) in [5.74, 6) is -1.33. The number of hydrogen-bond donors (Lipinski definition) is 4. The maximum Gasteiger partial charge on any atom is 0.145 e. The number of hydrogen-bond acceptors (Lipinski definition) is 5. The second-order valence-electron chi connectivity index (χ2n) is 10.8. The molecule has 0 rings (SSSR count). The normalized spacial score (nSPS) is 15.1. The highest BCUT2D eigenvalue weighted by Crippen LogP contribution is 2.20. The maximum absolute atomic E-state index is 12.6. The number of ketones is 1. The third-order valence-corrected chi connectivity index (χ3v) is 7.34. The van der Waals surface area contributed by atoms with Crippen molar-refractivity contribution in [2.24, 2.45) is 11.7 Å². The van der Waals surface area contributed by atoms with Crippen LogP contribution < -0.4 is 5.73 Å². The molecule has 0 spiro atoms. The van der Waals surface area contributed by atoms with Gasteiger partial charge in [0, 0.05) is 6.42 Å². The summed E-state index contributed by atoms with van der Waals surface area (Å²) in [5, 5.41) is 30.7. The lowest BCUT2D eigenvalue weighted by atomic mass is 9.88. The van der Waals surface area contributed by atoms with Crippen LogP contribution in [0.15, 0.2) is 0 Å². The average Bonchev–Trinajstić information content (AvgIpc) is 2.81. The molecule has 0 aromatic heterocycles. The fraction of sp³-hybridized carbons (Fsp3) is 0.967. The molecule has 0 aliphatic heterocycles. The molecule has 5 N–H and O–H groups in total. The quantitative estimate of drug-likeness (QED) is 0.0707. The fourth-order valence-corrected chi connectivity index (χ4v) is 4.99. The van der Waals surface area contributed by atoms with Crippen molar-refractivity contribution < 1.29 is 20.1 Å². The molecule has 4 unspecified atom stereocenters. The van der Waals surface area contributed by atoms with E-state index in [0.29, 0.717) is 12.8 Å². The summed E-state index contributed by atoms with van der Waals surface area (Å²) in [5.41, 5.74) is 5.63. The average molecular weight is 500 g/mol. The lowest BCUT2D eigenvalue weighted by Gasteiger charge is -2.25. The van der Waals surface area contributed by atoms with Gasteiger partial charge in [0.25, 0.3) is 0 Å². The van der Waals surface area contributed by atoms with Crippen LogP contribution in [-0.4, -0.2) is 39.5 Å². The van der Waals surface area contributed by atoms with Gasteiger partial charge in [-0.25, -0.2) is 0 Å². The molecule has 0 saturated carbocycles. The Hall–Kier alpha value is -0.490. The van der Waals surface area contributed by atoms with Gasteiger partial charge in [0.05, 0.1) is 18.1 Å². The molecule has 0 radical (unpaired) electrons. The Bertz CT molecular complexity index is 458. The molecular formula is C30H61NO4. The minimum absolute atomic E-state index is 0.0373. The zero-order chi connectivity index (χ0) is 26.2. The largest absolute Gasteiger partial charge is 0.393 e. The highest BCUT2D eigenvalue weighted by molar-refractivity contribution is 5.82. The van der Waals surface area contributed by atoms with Gasteiger partial charge in [-0.2, -0.15) is 0 Å². The Morgan fingerprint density at radius 2 is 0.914 bits per heavy atom. The van der Waals surface area contributed by atoms with Crippen molar-refractivity contribution in [3.8, 4) is 0 Å². The Kier molecular flexibility index (Phi) is 24.8. The summed E-state index contributed by atoms with van der Waals surface area (Å²) < 4.78 is 0. The minimum atomic E-state index is -1.38. The van der Waals surface area contributed by atoms with Crippen LogP contribution in [0.2, 0.25) is 0 Å². The first-order chi connectivity index (χ1) is 16.9. The molecule has 0 heterocycles. The topological polar surface area (TPSA) is 104 Å². The van der Waals surface area contributed by atoms with Crippen LogP contribution in [0.3, 0.4) is 0 Å². The van der Waals surface area contributed by atoms with Gasteiger partial charge in [-0.15, -0.1) is 0 Å². The summed E-state index contributed by atoms with van der Waals surface area (Å²) in [6, 6.07) is 0. The first kappa shape index (κ1) is 34.5. The van der Waals surface area contributed by atoms with Crippen LogP contribution in [0.4, 0.5) is 0 Å². The minimum Gasteiger partial charge on any atom is -0.393 e. The number of nitrogens with two attached hydrogens (primary N) is 1. The Balaban J connectivity index is 3.89. The van der Waals surface area contributed by atoms with Gasteiger partial charge in [0.2, 0.25) is 0 Å². The summed E-state index contributed by atoms with van der Waals surface area (Å²) in [6.45, 7) is 4.46. The van der Waals surface area contributed by atoms with Crippen molar-refractivity contribution in [2.45, 2.75) is 180 Å². The van der Waals surface area contributed by atoms with Crippen molar-refractivity contribution in [2.75, 3.05) is 0 Å². The van der Waals surface area contributed by atoms with Crippen LogP contribution in [0, 0.1) is 5.92 Å². The summed E-state index contributed by atoms with van der Waals surface area (Å²) in [4.78, 5) is 12.6. The van der Waals surface area contributed by atoms with E-state index in [1.807, 2.05) is 0 Å². The summed E-state index contributed by atoms with van der Waals surface area (Å²) in [7, 11) is 0. The molecule has 35 heavy (non-hydrogen) atoms. The van der Waals surface area contributed by atoms with E-state index in [1.54, 1.807) is 0 Å². The number of Topliss-reactive ketones (excluding diaryl/α,β-unsaturated/α-hetero) is 1. The van der Waals surface area contributed by atoms with Crippen molar-refractivity contribution in [1.29, 1.82) is 0 Å². The van der Waals surface area contributed by atoms with Gasteiger partial charge in [-0.3, -0.25) is 4.79 Å². The van der Waals surface area contributed by atoms with Gasteiger partial charge < -0.3 is 21.1 Å². The molecule has 0 aromatic carbocycles.